The van der Waals surface area contributed by atoms with Crippen molar-refractivity contribution in [2.45, 2.75) is 32.8 Å². The lowest BCUT2D eigenvalue weighted by atomic mass is 9.99. The van der Waals surface area contributed by atoms with Crippen molar-refractivity contribution >= 4 is 11.6 Å². The Morgan fingerprint density at radius 2 is 2.00 bits per heavy atom. The average Bonchev–Trinajstić information content (AvgIpc) is 2.25. The van der Waals surface area contributed by atoms with E-state index in [0.717, 1.165) is 18.4 Å². The van der Waals surface area contributed by atoms with Gasteiger partial charge in [-0.1, -0.05) is 31.5 Å². The van der Waals surface area contributed by atoms with Crippen LogP contribution < -0.4 is 4.74 Å². The van der Waals surface area contributed by atoms with Gasteiger partial charge in [0, 0.05) is 10.6 Å². The standard InChI is InChI=1S/C13H19ClO2/c1-9(2)4-7-12(15)11-6-5-10(14)8-13(11)16-3/h5-6,8-9,12,15H,4,7H2,1-3H3. The van der Waals surface area contributed by atoms with Gasteiger partial charge in [0.05, 0.1) is 13.2 Å². The van der Waals surface area contributed by atoms with Crippen molar-refractivity contribution in [2.75, 3.05) is 7.11 Å². The molecule has 0 amide bonds. The van der Waals surface area contributed by atoms with E-state index >= 15 is 0 Å². The normalized spacial score (nSPS) is 12.9. The third kappa shape index (κ3) is 3.69. The van der Waals surface area contributed by atoms with Crippen LogP contribution in [0.5, 0.6) is 5.75 Å². The van der Waals surface area contributed by atoms with Crippen LogP contribution in [0.2, 0.25) is 5.02 Å². The minimum Gasteiger partial charge on any atom is -0.496 e. The number of aliphatic hydroxyl groups excluding tert-OH is 1. The van der Waals surface area contributed by atoms with E-state index in [9.17, 15) is 5.11 Å². The molecule has 1 rings (SSSR count). The highest BCUT2D eigenvalue weighted by Gasteiger charge is 2.13. The van der Waals surface area contributed by atoms with Crippen LogP contribution in [0.3, 0.4) is 0 Å². The molecule has 0 aliphatic rings. The number of rotatable bonds is 5. The number of halogens is 1. The molecule has 3 heteroatoms. The van der Waals surface area contributed by atoms with E-state index in [1.165, 1.54) is 0 Å². The zero-order valence-corrected chi connectivity index (χ0v) is 10.8. The van der Waals surface area contributed by atoms with Crippen LogP contribution in [-0.2, 0) is 0 Å². The number of hydrogen-bond donors (Lipinski definition) is 1. The summed E-state index contributed by atoms with van der Waals surface area (Å²) in [6, 6.07) is 5.33. The summed E-state index contributed by atoms with van der Waals surface area (Å²) in [6.07, 6.45) is 1.26. The molecule has 16 heavy (non-hydrogen) atoms. The lowest BCUT2D eigenvalue weighted by Crippen LogP contribution is -2.02. The number of hydrogen-bond acceptors (Lipinski definition) is 2. The molecule has 0 bridgehead atoms. The van der Waals surface area contributed by atoms with E-state index in [4.69, 9.17) is 16.3 Å². The Morgan fingerprint density at radius 1 is 1.31 bits per heavy atom. The van der Waals surface area contributed by atoms with E-state index in [1.807, 2.05) is 6.07 Å². The van der Waals surface area contributed by atoms with Gasteiger partial charge in [-0.25, -0.2) is 0 Å². The van der Waals surface area contributed by atoms with Crippen LogP contribution in [0.1, 0.15) is 38.4 Å². The van der Waals surface area contributed by atoms with Crippen LogP contribution in [0.25, 0.3) is 0 Å². The van der Waals surface area contributed by atoms with Gasteiger partial charge in [-0.3, -0.25) is 0 Å². The summed E-state index contributed by atoms with van der Waals surface area (Å²) in [5.41, 5.74) is 0.813. The Hall–Kier alpha value is -0.730. The zero-order chi connectivity index (χ0) is 12.1. The first-order chi connectivity index (χ1) is 7.54. The fourth-order valence-electron chi connectivity index (χ4n) is 1.61. The molecule has 1 aromatic carbocycles. The van der Waals surface area contributed by atoms with E-state index in [2.05, 4.69) is 13.8 Å². The van der Waals surface area contributed by atoms with Crippen molar-refractivity contribution in [2.24, 2.45) is 5.92 Å². The summed E-state index contributed by atoms with van der Waals surface area (Å²) in [6.45, 7) is 4.29. The molecule has 1 N–H and O–H groups in total. The smallest absolute Gasteiger partial charge is 0.126 e. The lowest BCUT2D eigenvalue weighted by Gasteiger charge is -2.15. The van der Waals surface area contributed by atoms with E-state index < -0.39 is 6.10 Å². The molecular weight excluding hydrogens is 224 g/mol. The van der Waals surface area contributed by atoms with E-state index in [-0.39, 0.29) is 0 Å². The highest BCUT2D eigenvalue weighted by Crippen LogP contribution is 2.31. The predicted molar refractivity (Wildman–Crippen MR) is 67.0 cm³/mol. The summed E-state index contributed by atoms with van der Waals surface area (Å²) in [5, 5.41) is 10.7. The molecule has 90 valence electrons. The lowest BCUT2D eigenvalue weighted by molar-refractivity contribution is 0.155. The SMILES string of the molecule is COc1cc(Cl)ccc1C(O)CCC(C)C. The van der Waals surface area contributed by atoms with Crippen LogP contribution in [0.4, 0.5) is 0 Å². The van der Waals surface area contributed by atoms with Crippen molar-refractivity contribution in [3.8, 4) is 5.75 Å². The summed E-state index contributed by atoms with van der Waals surface area (Å²) >= 11 is 5.87. The maximum atomic E-state index is 10.0. The number of methoxy groups -OCH3 is 1. The summed E-state index contributed by atoms with van der Waals surface area (Å²) in [4.78, 5) is 0. The first-order valence-corrected chi connectivity index (χ1v) is 5.94. The minimum absolute atomic E-state index is 0.477. The van der Waals surface area contributed by atoms with Gasteiger partial charge in [0.15, 0.2) is 0 Å². The Kier molecular flexibility index (Phi) is 5.10. The third-order valence-corrected chi connectivity index (χ3v) is 2.81. The first kappa shape index (κ1) is 13.3. The summed E-state index contributed by atoms with van der Waals surface area (Å²) in [7, 11) is 1.59. The second kappa shape index (κ2) is 6.12. The van der Waals surface area contributed by atoms with Crippen molar-refractivity contribution in [3.05, 3.63) is 28.8 Å². The van der Waals surface area contributed by atoms with E-state index in [0.29, 0.717) is 16.7 Å². The molecule has 0 radical (unpaired) electrons. The predicted octanol–water partition coefficient (Wildman–Crippen LogP) is 3.82. The number of aliphatic hydroxyl groups is 1. The molecular formula is C13H19ClO2. The van der Waals surface area contributed by atoms with Crippen molar-refractivity contribution in [3.63, 3.8) is 0 Å². The molecule has 0 fully saturated rings. The largest absolute Gasteiger partial charge is 0.496 e. The molecule has 1 aromatic rings. The topological polar surface area (TPSA) is 29.5 Å². The molecule has 1 atom stereocenters. The average molecular weight is 243 g/mol. The second-order valence-corrected chi connectivity index (χ2v) is 4.81. The fraction of sp³-hybridized carbons (Fsp3) is 0.538. The first-order valence-electron chi connectivity index (χ1n) is 5.56. The van der Waals surface area contributed by atoms with Gasteiger partial charge in [-0.05, 0) is 30.9 Å². The Bertz CT molecular complexity index is 337. The highest BCUT2D eigenvalue weighted by molar-refractivity contribution is 6.30. The van der Waals surface area contributed by atoms with E-state index in [1.54, 1.807) is 19.2 Å². The maximum absolute atomic E-state index is 10.0. The highest BCUT2D eigenvalue weighted by atomic mass is 35.5. The third-order valence-electron chi connectivity index (χ3n) is 2.57. The van der Waals surface area contributed by atoms with Crippen LogP contribution in [0, 0.1) is 5.92 Å². The Labute approximate surface area is 102 Å². The number of benzene rings is 1. The van der Waals surface area contributed by atoms with Gasteiger partial charge in [0.25, 0.3) is 0 Å². The molecule has 0 aromatic heterocycles. The quantitative estimate of drug-likeness (QED) is 0.851. The summed E-state index contributed by atoms with van der Waals surface area (Å²) < 4.78 is 5.21. The van der Waals surface area contributed by atoms with Gasteiger partial charge in [-0.15, -0.1) is 0 Å². The monoisotopic (exact) mass is 242 g/mol. The Balaban J connectivity index is 2.77. The maximum Gasteiger partial charge on any atom is 0.126 e. The molecule has 0 saturated heterocycles. The van der Waals surface area contributed by atoms with Gasteiger partial charge < -0.3 is 9.84 Å². The minimum atomic E-state index is -0.477. The van der Waals surface area contributed by atoms with Gasteiger partial charge in [-0.2, -0.15) is 0 Å². The molecule has 2 nitrogen and oxygen atoms in total. The van der Waals surface area contributed by atoms with Gasteiger partial charge >= 0.3 is 0 Å². The van der Waals surface area contributed by atoms with Crippen molar-refractivity contribution in [1.82, 2.24) is 0 Å². The number of ether oxygens (including phenoxy) is 1. The second-order valence-electron chi connectivity index (χ2n) is 4.37. The van der Waals surface area contributed by atoms with Crippen LogP contribution >= 0.6 is 11.6 Å². The van der Waals surface area contributed by atoms with Crippen LogP contribution in [0.15, 0.2) is 18.2 Å². The Morgan fingerprint density at radius 3 is 2.56 bits per heavy atom. The van der Waals surface area contributed by atoms with Gasteiger partial charge in [0.2, 0.25) is 0 Å². The molecule has 1 unspecified atom stereocenters. The van der Waals surface area contributed by atoms with Crippen molar-refractivity contribution < 1.29 is 9.84 Å². The zero-order valence-electron chi connectivity index (χ0n) is 10.0. The molecule has 0 saturated carbocycles. The molecule has 0 spiro atoms. The molecule has 0 aliphatic heterocycles. The molecule has 0 heterocycles. The summed E-state index contributed by atoms with van der Waals surface area (Å²) in [5.74, 6) is 1.25. The van der Waals surface area contributed by atoms with Crippen molar-refractivity contribution in [1.29, 1.82) is 0 Å². The molecule has 0 aliphatic carbocycles. The van der Waals surface area contributed by atoms with Crippen LogP contribution in [-0.4, -0.2) is 12.2 Å². The van der Waals surface area contributed by atoms with Gasteiger partial charge in [0.1, 0.15) is 5.75 Å². The fourth-order valence-corrected chi connectivity index (χ4v) is 1.77.